The Kier molecular flexibility index (Phi) is 2.80. The number of fused-ring (bicyclic) bond motifs is 1. The van der Waals surface area contributed by atoms with Gasteiger partial charge < -0.3 is 10.4 Å². The molecule has 0 saturated heterocycles. The molecule has 0 aromatic carbocycles. The second-order valence-corrected chi connectivity index (χ2v) is 5.23. The molecular weight excluding hydrogens is 228 g/mol. The minimum atomic E-state index is -0.472. The first kappa shape index (κ1) is 11.6. The van der Waals surface area contributed by atoms with E-state index in [1.165, 1.54) is 0 Å². The second-order valence-electron chi connectivity index (χ2n) is 5.23. The lowest BCUT2D eigenvalue weighted by atomic mass is 9.80. The summed E-state index contributed by atoms with van der Waals surface area (Å²) in [5.41, 5.74) is 2.44. The summed E-state index contributed by atoms with van der Waals surface area (Å²) in [4.78, 5) is 4.35. The SMILES string of the molecule is Cc1cc2ncc(CNCC3(O)CCC3)cn2n1. The van der Waals surface area contributed by atoms with Crippen LogP contribution in [0.2, 0.25) is 0 Å². The summed E-state index contributed by atoms with van der Waals surface area (Å²) in [6.45, 7) is 3.33. The number of aliphatic hydroxyl groups is 1. The Morgan fingerprint density at radius 3 is 3.06 bits per heavy atom. The maximum atomic E-state index is 9.97. The molecule has 1 saturated carbocycles. The van der Waals surface area contributed by atoms with Gasteiger partial charge in [-0.05, 0) is 26.2 Å². The zero-order chi connectivity index (χ0) is 12.6. The van der Waals surface area contributed by atoms with Gasteiger partial charge in [-0.1, -0.05) is 0 Å². The van der Waals surface area contributed by atoms with Crippen LogP contribution >= 0.6 is 0 Å². The lowest BCUT2D eigenvalue weighted by Crippen LogP contribution is -2.46. The highest BCUT2D eigenvalue weighted by atomic mass is 16.3. The molecule has 0 aliphatic heterocycles. The fourth-order valence-electron chi connectivity index (χ4n) is 2.33. The summed E-state index contributed by atoms with van der Waals surface area (Å²) in [5.74, 6) is 0. The molecule has 18 heavy (non-hydrogen) atoms. The summed E-state index contributed by atoms with van der Waals surface area (Å²) in [5, 5.41) is 17.6. The highest BCUT2D eigenvalue weighted by Gasteiger charge is 2.33. The first-order chi connectivity index (χ1) is 8.65. The van der Waals surface area contributed by atoms with E-state index < -0.39 is 5.60 Å². The van der Waals surface area contributed by atoms with Gasteiger partial charge in [0.2, 0.25) is 0 Å². The van der Waals surface area contributed by atoms with Crippen molar-refractivity contribution in [1.29, 1.82) is 0 Å². The number of aromatic nitrogens is 3. The summed E-state index contributed by atoms with van der Waals surface area (Å²) in [6, 6.07) is 1.95. The monoisotopic (exact) mass is 246 g/mol. The predicted octanol–water partition coefficient (Wildman–Crippen LogP) is 1.04. The average Bonchev–Trinajstić information content (AvgIpc) is 2.66. The van der Waals surface area contributed by atoms with Gasteiger partial charge in [0, 0.05) is 37.1 Å². The number of nitrogens with one attached hydrogen (secondary N) is 1. The van der Waals surface area contributed by atoms with Crippen LogP contribution in [-0.2, 0) is 6.54 Å². The lowest BCUT2D eigenvalue weighted by Gasteiger charge is -2.36. The smallest absolute Gasteiger partial charge is 0.155 e. The van der Waals surface area contributed by atoms with E-state index in [-0.39, 0.29) is 0 Å². The quantitative estimate of drug-likeness (QED) is 0.846. The molecule has 1 aliphatic carbocycles. The second kappa shape index (κ2) is 4.33. The van der Waals surface area contributed by atoms with Crippen LogP contribution in [0, 0.1) is 6.92 Å². The Morgan fingerprint density at radius 2 is 2.33 bits per heavy atom. The van der Waals surface area contributed by atoms with Gasteiger partial charge >= 0.3 is 0 Å². The molecule has 2 heterocycles. The Labute approximate surface area is 106 Å². The van der Waals surface area contributed by atoms with Crippen LogP contribution in [0.25, 0.3) is 5.65 Å². The molecule has 0 radical (unpaired) electrons. The number of hydrogen-bond acceptors (Lipinski definition) is 4. The summed E-state index contributed by atoms with van der Waals surface area (Å²) >= 11 is 0. The summed E-state index contributed by atoms with van der Waals surface area (Å²) < 4.78 is 1.80. The molecule has 2 N–H and O–H groups in total. The molecule has 0 spiro atoms. The normalized spacial score (nSPS) is 17.9. The minimum absolute atomic E-state index is 0.472. The van der Waals surface area contributed by atoms with Gasteiger partial charge in [0.15, 0.2) is 5.65 Å². The van der Waals surface area contributed by atoms with E-state index in [1.54, 1.807) is 4.52 Å². The Hall–Kier alpha value is -1.46. The third-order valence-corrected chi connectivity index (χ3v) is 3.56. The van der Waals surface area contributed by atoms with Crippen molar-refractivity contribution in [3.8, 4) is 0 Å². The van der Waals surface area contributed by atoms with Crippen molar-refractivity contribution in [2.75, 3.05) is 6.54 Å². The third-order valence-electron chi connectivity index (χ3n) is 3.56. The molecule has 0 amide bonds. The standard InChI is InChI=1S/C13H18N4O/c1-10-5-12-15-7-11(8-17(12)16-10)6-14-9-13(18)3-2-4-13/h5,7-8,14,18H,2-4,6,9H2,1H3. The van der Waals surface area contributed by atoms with Crippen molar-refractivity contribution in [1.82, 2.24) is 19.9 Å². The van der Waals surface area contributed by atoms with Crippen molar-refractivity contribution < 1.29 is 5.11 Å². The molecule has 0 unspecified atom stereocenters. The van der Waals surface area contributed by atoms with Gasteiger partial charge in [0.25, 0.3) is 0 Å². The van der Waals surface area contributed by atoms with Gasteiger partial charge in [0.05, 0.1) is 11.3 Å². The molecule has 2 aromatic heterocycles. The number of nitrogens with zero attached hydrogens (tertiary/aromatic N) is 3. The molecule has 0 bridgehead atoms. The molecule has 0 atom stereocenters. The molecule has 5 heteroatoms. The first-order valence-corrected chi connectivity index (χ1v) is 6.39. The first-order valence-electron chi connectivity index (χ1n) is 6.39. The molecule has 1 aliphatic rings. The molecule has 3 rings (SSSR count). The van der Waals surface area contributed by atoms with Crippen LogP contribution in [-0.4, -0.2) is 31.9 Å². The largest absolute Gasteiger partial charge is 0.389 e. The van der Waals surface area contributed by atoms with Crippen LogP contribution in [0.3, 0.4) is 0 Å². The van der Waals surface area contributed by atoms with Gasteiger partial charge in [-0.3, -0.25) is 0 Å². The van der Waals surface area contributed by atoms with Gasteiger partial charge in [-0.15, -0.1) is 0 Å². The van der Waals surface area contributed by atoms with Gasteiger partial charge in [0.1, 0.15) is 0 Å². The van der Waals surface area contributed by atoms with Gasteiger partial charge in [-0.25, -0.2) is 9.50 Å². The van der Waals surface area contributed by atoms with E-state index in [2.05, 4.69) is 15.4 Å². The van der Waals surface area contributed by atoms with Gasteiger partial charge in [-0.2, -0.15) is 5.10 Å². The van der Waals surface area contributed by atoms with Crippen molar-refractivity contribution in [3.05, 3.63) is 29.7 Å². The van der Waals surface area contributed by atoms with E-state index in [4.69, 9.17) is 0 Å². The molecule has 2 aromatic rings. The Balaban J connectivity index is 1.63. The van der Waals surface area contributed by atoms with E-state index in [0.29, 0.717) is 13.1 Å². The summed E-state index contributed by atoms with van der Waals surface area (Å²) in [6.07, 6.45) is 6.80. The highest BCUT2D eigenvalue weighted by molar-refractivity contribution is 5.38. The third kappa shape index (κ3) is 2.23. The van der Waals surface area contributed by atoms with Crippen molar-refractivity contribution >= 4 is 5.65 Å². The number of aryl methyl sites for hydroxylation is 1. The van der Waals surface area contributed by atoms with Crippen molar-refractivity contribution in [3.63, 3.8) is 0 Å². The van der Waals surface area contributed by atoms with E-state index in [1.807, 2.05) is 25.4 Å². The Bertz CT molecular complexity index is 559. The van der Waals surface area contributed by atoms with Crippen LogP contribution in [0.15, 0.2) is 18.5 Å². The molecule has 96 valence electrons. The maximum Gasteiger partial charge on any atom is 0.155 e. The minimum Gasteiger partial charge on any atom is -0.389 e. The predicted molar refractivity (Wildman–Crippen MR) is 68.2 cm³/mol. The topological polar surface area (TPSA) is 62.5 Å². The van der Waals surface area contributed by atoms with Crippen LogP contribution in [0.5, 0.6) is 0 Å². The zero-order valence-electron chi connectivity index (χ0n) is 10.6. The van der Waals surface area contributed by atoms with Crippen LogP contribution < -0.4 is 5.32 Å². The van der Waals surface area contributed by atoms with Crippen molar-refractivity contribution in [2.24, 2.45) is 0 Å². The zero-order valence-corrected chi connectivity index (χ0v) is 10.6. The molecule has 1 fully saturated rings. The number of hydrogen-bond donors (Lipinski definition) is 2. The molecular formula is C13H18N4O. The summed E-state index contributed by atoms with van der Waals surface area (Å²) in [7, 11) is 0. The fourth-order valence-corrected chi connectivity index (χ4v) is 2.33. The van der Waals surface area contributed by atoms with Crippen molar-refractivity contribution in [2.45, 2.75) is 38.3 Å². The average molecular weight is 246 g/mol. The lowest BCUT2D eigenvalue weighted by molar-refractivity contribution is -0.0314. The van der Waals surface area contributed by atoms with E-state index >= 15 is 0 Å². The van der Waals surface area contributed by atoms with Crippen LogP contribution in [0.4, 0.5) is 0 Å². The van der Waals surface area contributed by atoms with E-state index in [9.17, 15) is 5.11 Å². The fraction of sp³-hybridized carbons (Fsp3) is 0.538. The van der Waals surface area contributed by atoms with Crippen LogP contribution in [0.1, 0.15) is 30.5 Å². The van der Waals surface area contributed by atoms with E-state index in [0.717, 1.165) is 36.2 Å². The number of rotatable bonds is 4. The highest BCUT2D eigenvalue weighted by Crippen LogP contribution is 2.30. The molecule has 5 nitrogen and oxygen atoms in total. The Morgan fingerprint density at radius 1 is 1.50 bits per heavy atom. The maximum absolute atomic E-state index is 9.97.